The van der Waals surface area contributed by atoms with Crippen molar-refractivity contribution in [2.45, 2.75) is 6.92 Å². The van der Waals surface area contributed by atoms with E-state index in [0.29, 0.717) is 0 Å². The molecule has 0 aliphatic carbocycles. The first kappa shape index (κ1) is 6.80. The lowest BCUT2D eigenvalue weighted by molar-refractivity contribution is 0.215. The summed E-state index contributed by atoms with van der Waals surface area (Å²) in [6, 6.07) is 0. The van der Waals surface area contributed by atoms with Crippen LogP contribution in [0.5, 0.6) is 0 Å². The van der Waals surface area contributed by atoms with Crippen LogP contribution in [0.3, 0.4) is 0 Å². The predicted molar refractivity (Wildman–Crippen MR) is 37.9 cm³/mol. The molecule has 4 nitrogen and oxygen atoms in total. The number of oxime groups is 1. The molecular weight excluding hydrogens is 130 g/mol. The van der Waals surface area contributed by atoms with Crippen LogP contribution < -0.4 is 0 Å². The van der Waals surface area contributed by atoms with Crippen molar-refractivity contribution in [1.29, 1.82) is 0 Å². The van der Waals surface area contributed by atoms with Crippen LogP contribution in [0, 0.1) is 6.92 Å². The van der Waals surface area contributed by atoms with Gasteiger partial charge in [0.25, 0.3) is 0 Å². The number of aryl methyl sites for hydroxylation is 1. The molecule has 0 aliphatic heterocycles. The molecule has 1 heterocycles. The van der Waals surface area contributed by atoms with Crippen molar-refractivity contribution in [3.63, 3.8) is 0 Å². The van der Waals surface area contributed by atoms with Crippen molar-refractivity contribution < 1.29 is 4.84 Å². The highest BCUT2D eigenvalue weighted by Crippen LogP contribution is 1.95. The summed E-state index contributed by atoms with van der Waals surface area (Å²) in [5.74, 6) is 0. The highest BCUT2D eigenvalue weighted by atomic mass is 16.6. The normalized spacial score (nSPS) is 10.6. The Morgan fingerprint density at radius 3 is 3.10 bits per heavy atom. The van der Waals surface area contributed by atoms with E-state index < -0.39 is 0 Å². The van der Waals surface area contributed by atoms with Crippen LogP contribution in [0.15, 0.2) is 11.5 Å². The van der Waals surface area contributed by atoms with E-state index in [0.717, 1.165) is 11.4 Å². The average Bonchev–Trinajstić information content (AvgIpc) is 2.31. The first-order valence-electron chi connectivity index (χ1n) is 2.91. The molecule has 0 spiro atoms. The number of nitrogens with one attached hydrogen (secondary N) is 1. The Morgan fingerprint density at radius 1 is 1.80 bits per heavy atom. The van der Waals surface area contributed by atoms with Crippen LogP contribution in [0.1, 0.15) is 11.4 Å². The monoisotopic (exact) mass is 139 g/mol. The third-order valence-electron chi connectivity index (χ3n) is 1.15. The second-order valence-electron chi connectivity index (χ2n) is 1.83. The fourth-order valence-corrected chi connectivity index (χ4v) is 0.602. The van der Waals surface area contributed by atoms with Gasteiger partial charge in [-0.15, -0.1) is 0 Å². The molecule has 0 aromatic carbocycles. The van der Waals surface area contributed by atoms with Crippen LogP contribution in [-0.4, -0.2) is 23.3 Å². The molecule has 0 fully saturated rings. The number of aromatic amines is 1. The molecule has 1 rings (SSSR count). The van der Waals surface area contributed by atoms with Gasteiger partial charge < -0.3 is 9.82 Å². The Hall–Kier alpha value is -1.32. The van der Waals surface area contributed by atoms with Crippen molar-refractivity contribution in [2.24, 2.45) is 5.16 Å². The van der Waals surface area contributed by atoms with E-state index in [1.54, 1.807) is 12.5 Å². The van der Waals surface area contributed by atoms with Gasteiger partial charge in [-0.05, 0) is 6.92 Å². The number of hydrogen-bond donors (Lipinski definition) is 1. The Labute approximate surface area is 58.9 Å². The van der Waals surface area contributed by atoms with Gasteiger partial charge in [-0.25, -0.2) is 4.98 Å². The van der Waals surface area contributed by atoms with Crippen molar-refractivity contribution in [3.8, 4) is 0 Å². The summed E-state index contributed by atoms with van der Waals surface area (Å²) in [5.41, 5.74) is 1.79. The fraction of sp³-hybridized carbons (Fsp3) is 0.333. The summed E-state index contributed by atoms with van der Waals surface area (Å²) in [4.78, 5) is 11.4. The van der Waals surface area contributed by atoms with E-state index in [1.165, 1.54) is 7.11 Å². The van der Waals surface area contributed by atoms with Crippen molar-refractivity contribution in [3.05, 3.63) is 17.7 Å². The molecule has 10 heavy (non-hydrogen) atoms. The summed E-state index contributed by atoms with van der Waals surface area (Å²) in [7, 11) is 1.50. The zero-order valence-electron chi connectivity index (χ0n) is 5.96. The number of rotatable bonds is 2. The SMILES string of the molecule is CO/N=C/c1nc[nH]c1C. The molecule has 0 saturated heterocycles. The van der Waals surface area contributed by atoms with Crippen LogP contribution in [-0.2, 0) is 4.84 Å². The van der Waals surface area contributed by atoms with Gasteiger partial charge in [0, 0.05) is 5.69 Å². The Kier molecular flexibility index (Phi) is 2.04. The fourth-order valence-electron chi connectivity index (χ4n) is 0.602. The van der Waals surface area contributed by atoms with E-state index in [1.807, 2.05) is 6.92 Å². The van der Waals surface area contributed by atoms with Gasteiger partial charge in [-0.1, -0.05) is 5.16 Å². The van der Waals surface area contributed by atoms with Gasteiger partial charge in [-0.3, -0.25) is 0 Å². The zero-order valence-corrected chi connectivity index (χ0v) is 5.96. The second-order valence-corrected chi connectivity index (χ2v) is 1.83. The zero-order chi connectivity index (χ0) is 7.40. The van der Waals surface area contributed by atoms with Crippen molar-refractivity contribution in [2.75, 3.05) is 7.11 Å². The summed E-state index contributed by atoms with van der Waals surface area (Å²) in [6.45, 7) is 1.92. The average molecular weight is 139 g/mol. The van der Waals surface area contributed by atoms with Gasteiger partial charge in [0.2, 0.25) is 0 Å². The lowest BCUT2D eigenvalue weighted by Crippen LogP contribution is -1.84. The minimum Gasteiger partial charge on any atom is -0.399 e. The maximum Gasteiger partial charge on any atom is 0.106 e. The van der Waals surface area contributed by atoms with Gasteiger partial charge in [0.15, 0.2) is 0 Å². The summed E-state index contributed by atoms with van der Waals surface area (Å²) in [5, 5.41) is 3.57. The first-order chi connectivity index (χ1) is 4.84. The molecular formula is C6H9N3O. The molecule has 0 amide bonds. The number of hydrogen-bond acceptors (Lipinski definition) is 3. The Morgan fingerprint density at radius 2 is 2.60 bits per heavy atom. The van der Waals surface area contributed by atoms with Crippen LogP contribution in [0.2, 0.25) is 0 Å². The van der Waals surface area contributed by atoms with E-state index in [4.69, 9.17) is 0 Å². The molecule has 0 aliphatic rings. The van der Waals surface area contributed by atoms with E-state index in [9.17, 15) is 0 Å². The molecule has 0 atom stereocenters. The number of H-pyrrole nitrogens is 1. The molecule has 1 aromatic rings. The van der Waals surface area contributed by atoms with Crippen LogP contribution >= 0.6 is 0 Å². The molecule has 1 aromatic heterocycles. The van der Waals surface area contributed by atoms with Gasteiger partial charge >= 0.3 is 0 Å². The van der Waals surface area contributed by atoms with E-state index >= 15 is 0 Å². The minimum absolute atomic E-state index is 0.807. The van der Waals surface area contributed by atoms with Gasteiger partial charge in [-0.2, -0.15) is 0 Å². The quantitative estimate of drug-likeness (QED) is 0.484. The maximum atomic E-state index is 4.49. The molecule has 0 bridgehead atoms. The first-order valence-corrected chi connectivity index (χ1v) is 2.91. The standard InChI is InChI=1S/C6H9N3O/c1-5-6(3-9-10-2)8-4-7-5/h3-4H,1-2H3,(H,7,8)/b9-3+. The highest BCUT2D eigenvalue weighted by molar-refractivity contribution is 5.77. The minimum atomic E-state index is 0.807. The predicted octanol–water partition coefficient (Wildman–Crippen LogP) is 0.698. The summed E-state index contributed by atoms with van der Waals surface area (Å²) >= 11 is 0. The third kappa shape index (κ3) is 1.34. The van der Waals surface area contributed by atoms with E-state index in [2.05, 4.69) is 20.0 Å². The number of imidazole rings is 1. The topological polar surface area (TPSA) is 50.3 Å². The Bertz CT molecular complexity index is 229. The summed E-state index contributed by atoms with van der Waals surface area (Å²) < 4.78 is 0. The largest absolute Gasteiger partial charge is 0.399 e. The molecule has 1 N–H and O–H groups in total. The van der Waals surface area contributed by atoms with Gasteiger partial charge in [0.05, 0.1) is 12.5 Å². The Balaban J connectivity index is 2.74. The molecule has 0 radical (unpaired) electrons. The third-order valence-corrected chi connectivity index (χ3v) is 1.15. The number of aromatic nitrogens is 2. The lowest BCUT2D eigenvalue weighted by atomic mass is 10.4. The molecule has 54 valence electrons. The maximum absolute atomic E-state index is 4.49. The van der Waals surface area contributed by atoms with Crippen LogP contribution in [0.4, 0.5) is 0 Å². The van der Waals surface area contributed by atoms with Gasteiger partial charge in [0.1, 0.15) is 12.8 Å². The summed E-state index contributed by atoms with van der Waals surface area (Å²) in [6.07, 6.45) is 3.18. The van der Waals surface area contributed by atoms with Crippen LogP contribution in [0.25, 0.3) is 0 Å². The van der Waals surface area contributed by atoms with E-state index in [-0.39, 0.29) is 0 Å². The lowest BCUT2D eigenvalue weighted by Gasteiger charge is -1.85. The van der Waals surface area contributed by atoms with Crippen molar-refractivity contribution in [1.82, 2.24) is 9.97 Å². The molecule has 0 saturated carbocycles. The highest BCUT2D eigenvalue weighted by Gasteiger charge is 1.94. The van der Waals surface area contributed by atoms with Crippen molar-refractivity contribution >= 4 is 6.21 Å². The molecule has 0 unspecified atom stereocenters. The second kappa shape index (κ2) is 3.00. The smallest absolute Gasteiger partial charge is 0.106 e. The number of nitrogens with zero attached hydrogens (tertiary/aromatic N) is 2. The molecule has 4 heteroatoms.